The lowest BCUT2D eigenvalue weighted by Crippen LogP contribution is -2.27. The van der Waals surface area contributed by atoms with Gasteiger partial charge in [-0.05, 0) is 37.0 Å². The Morgan fingerprint density at radius 3 is 2.56 bits per heavy atom. The van der Waals surface area contributed by atoms with Crippen molar-refractivity contribution in [3.05, 3.63) is 23.8 Å². The average molecular weight is 240 g/mol. The molecule has 0 aliphatic heterocycles. The van der Waals surface area contributed by atoms with Crippen molar-refractivity contribution in [3.63, 3.8) is 0 Å². The Labute approximate surface area is 95.9 Å². The molecule has 2 unspecified atom stereocenters. The number of nitrogens with one attached hydrogen (secondary N) is 1. The molecule has 4 nitrogen and oxygen atoms in total. The number of aryl methyl sites for hydroxylation is 1. The first-order valence-corrected chi connectivity index (χ1v) is 6.77. The second kappa shape index (κ2) is 3.75. The Balaban J connectivity index is 2.28. The van der Waals surface area contributed by atoms with Crippen molar-refractivity contribution in [2.45, 2.75) is 31.2 Å². The number of hydrogen-bond donors (Lipinski definition) is 2. The molecule has 5 heteroatoms. The lowest BCUT2D eigenvalue weighted by atomic mass is 10.2. The van der Waals surface area contributed by atoms with E-state index in [9.17, 15) is 8.42 Å². The molecule has 0 saturated heterocycles. The first-order valence-electron chi connectivity index (χ1n) is 5.28. The van der Waals surface area contributed by atoms with Crippen LogP contribution in [-0.4, -0.2) is 14.5 Å². The zero-order valence-electron chi connectivity index (χ0n) is 9.40. The molecular weight excluding hydrogens is 224 g/mol. The van der Waals surface area contributed by atoms with Gasteiger partial charge >= 0.3 is 0 Å². The van der Waals surface area contributed by atoms with E-state index in [0.717, 1.165) is 12.0 Å². The van der Waals surface area contributed by atoms with E-state index in [1.165, 1.54) is 0 Å². The minimum atomic E-state index is -3.45. The first-order chi connectivity index (χ1) is 7.40. The van der Waals surface area contributed by atoms with Crippen molar-refractivity contribution < 1.29 is 8.42 Å². The monoisotopic (exact) mass is 240 g/mol. The topological polar surface area (TPSA) is 72.2 Å². The lowest BCUT2D eigenvalue weighted by molar-refractivity contribution is 0.579. The summed E-state index contributed by atoms with van der Waals surface area (Å²) >= 11 is 0. The molecule has 0 aromatic heterocycles. The molecule has 1 aromatic carbocycles. The summed E-state index contributed by atoms with van der Waals surface area (Å²) in [6.45, 7) is 3.90. The third kappa shape index (κ3) is 2.20. The van der Waals surface area contributed by atoms with Gasteiger partial charge in [-0.1, -0.05) is 13.0 Å². The van der Waals surface area contributed by atoms with Gasteiger partial charge in [-0.3, -0.25) is 0 Å². The van der Waals surface area contributed by atoms with E-state index < -0.39 is 10.0 Å². The van der Waals surface area contributed by atoms with Gasteiger partial charge in [-0.15, -0.1) is 0 Å². The molecule has 1 aliphatic carbocycles. The van der Waals surface area contributed by atoms with Gasteiger partial charge in [0.15, 0.2) is 0 Å². The highest BCUT2D eigenvalue weighted by Gasteiger charge is 2.36. The number of nitrogen functional groups attached to an aromatic ring is 1. The quantitative estimate of drug-likeness (QED) is 0.781. The molecule has 1 aromatic rings. The van der Waals surface area contributed by atoms with E-state index in [-0.39, 0.29) is 10.9 Å². The second-order valence-electron chi connectivity index (χ2n) is 4.48. The number of sulfonamides is 1. The van der Waals surface area contributed by atoms with Gasteiger partial charge in [0.2, 0.25) is 10.0 Å². The summed E-state index contributed by atoms with van der Waals surface area (Å²) in [6, 6.07) is 5.05. The SMILES string of the molecule is Cc1ccc(S(=O)(=O)NC2CC2C)c(N)c1. The molecule has 1 saturated carbocycles. The van der Waals surface area contributed by atoms with Crippen LogP contribution in [-0.2, 0) is 10.0 Å². The molecular formula is C11H16N2O2S. The molecule has 88 valence electrons. The number of anilines is 1. The van der Waals surface area contributed by atoms with Crippen molar-refractivity contribution >= 4 is 15.7 Å². The molecule has 0 amide bonds. The Hall–Kier alpha value is -1.07. The van der Waals surface area contributed by atoms with Gasteiger partial charge in [-0.25, -0.2) is 13.1 Å². The maximum atomic E-state index is 12.0. The van der Waals surface area contributed by atoms with E-state index in [1.807, 2.05) is 13.8 Å². The maximum absolute atomic E-state index is 12.0. The molecule has 3 N–H and O–H groups in total. The summed E-state index contributed by atoms with van der Waals surface area (Å²) in [4.78, 5) is 0.178. The van der Waals surface area contributed by atoms with Gasteiger partial charge in [0.05, 0.1) is 5.69 Å². The van der Waals surface area contributed by atoms with Gasteiger partial charge in [0, 0.05) is 6.04 Å². The van der Waals surface area contributed by atoms with Crippen LogP contribution in [0.2, 0.25) is 0 Å². The van der Waals surface area contributed by atoms with Gasteiger partial charge in [-0.2, -0.15) is 0 Å². The summed E-state index contributed by atoms with van der Waals surface area (Å²) in [6.07, 6.45) is 0.908. The first kappa shape index (κ1) is 11.4. The van der Waals surface area contributed by atoms with Crippen LogP contribution in [0.3, 0.4) is 0 Å². The molecule has 0 radical (unpaired) electrons. The van der Waals surface area contributed by atoms with Crippen LogP contribution in [0.4, 0.5) is 5.69 Å². The van der Waals surface area contributed by atoms with Crippen molar-refractivity contribution in [1.82, 2.24) is 4.72 Å². The fourth-order valence-electron chi connectivity index (χ4n) is 1.66. The number of benzene rings is 1. The fourth-order valence-corrected chi connectivity index (χ4v) is 3.13. The highest BCUT2D eigenvalue weighted by molar-refractivity contribution is 7.89. The smallest absolute Gasteiger partial charge is 0.242 e. The Morgan fingerprint density at radius 2 is 2.06 bits per heavy atom. The standard InChI is InChI=1S/C11H16N2O2S/c1-7-3-4-11(9(12)5-7)16(14,15)13-10-6-8(10)2/h3-5,8,10,13H,6,12H2,1-2H3. The summed E-state index contributed by atoms with van der Waals surface area (Å²) in [5.41, 5.74) is 6.98. The van der Waals surface area contributed by atoms with E-state index in [1.54, 1.807) is 18.2 Å². The van der Waals surface area contributed by atoms with Crippen LogP contribution >= 0.6 is 0 Å². The summed E-state index contributed by atoms with van der Waals surface area (Å²) in [5, 5.41) is 0. The van der Waals surface area contributed by atoms with Crippen LogP contribution in [0.25, 0.3) is 0 Å². The lowest BCUT2D eigenvalue weighted by Gasteiger charge is -2.09. The van der Waals surface area contributed by atoms with Crippen molar-refractivity contribution in [1.29, 1.82) is 0 Å². The highest BCUT2D eigenvalue weighted by Crippen LogP contribution is 2.31. The van der Waals surface area contributed by atoms with Crippen LogP contribution in [0.15, 0.2) is 23.1 Å². The van der Waals surface area contributed by atoms with E-state index in [2.05, 4.69) is 4.72 Å². The zero-order chi connectivity index (χ0) is 11.9. The minimum absolute atomic E-state index is 0.0747. The number of rotatable bonds is 3. The predicted molar refractivity (Wildman–Crippen MR) is 63.5 cm³/mol. The highest BCUT2D eigenvalue weighted by atomic mass is 32.2. The second-order valence-corrected chi connectivity index (χ2v) is 6.16. The van der Waals surface area contributed by atoms with Crippen LogP contribution < -0.4 is 10.5 Å². The van der Waals surface area contributed by atoms with Gasteiger partial charge in [0.25, 0.3) is 0 Å². The molecule has 2 atom stereocenters. The predicted octanol–water partition coefficient (Wildman–Crippen LogP) is 1.26. The molecule has 0 bridgehead atoms. The van der Waals surface area contributed by atoms with Gasteiger partial charge < -0.3 is 5.73 Å². The molecule has 1 aliphatic rings. The van der Waals surface area contributed by atoms with Crippen LogP contribution in [0, 0.1) is 12.8 Å². The largest absolute Gasteiger partial charge is 0.398 e. The normalized spacial score (nSPS) is 24.4. The van der Waals surface area contributed by atoms with Crippen molar-refractivity contribution in [2.24, 2.45) is 5.92 Å². The molecule has 16 heavy (non-hydrogen) atoms. The van der Waals surface area contributed by atoms with E-state index in [0.29, 0.717) is 11.6 Å². The maximum Gasteiger partial charge on any atom is 0.242 e. The van der Waals surface area contributed by atoms with Crippen molar-refractivity contribution in [3.8, 4) is 0 Å². The van der Waals surface area contributed by atoms with Gasteiger partial charge in [0.1, 0.15) is 4.90 Å². The Kier molecular flexibility index (Phi) is 2.67. The van der Waals surface area contributed by atoms with Crippen LogP contribution in [0.1, 0.15) is 18.9 Å². The summed E-state index contributed by atoms with van der Waals surface area (Å²) in [7, 11) is -3.45. The van der Waals surface area contributed by atoms with E-state index in [4.69, 9.17) is 5.73 Å². The summed E-state index contributed by atoms with van der Waals surface area (Å²) in [5.74, 6) is 0.432. The Bertz CT molecular complexity index is 511. The zero-order valence-corrected chi connectivity index (χ0v) is 10.2. The molecule has 1 fully saturated rings. The van der Waals surface area contributed by atoms with Crippen LogP contribution in [0.5, 0.6) is 0 Å². The Morgan fingerprint density at radius 1 is 1.44 bits per heavy atom. The summed E-state index contributed by atoms with van der Waals surface area (Å²) < 4.78 is 26.6. The molecule has 2 rings (SSSR count). The third-order valence-corrected chi connectivity index (χ3v) is 4.43. The molecule has 0 heterocycles. The van der Waals surface area contributed by atoms with Crippen molar-refractivity contribution in [2.75, 3.05) is 5.73 Å². The molecule has 0 spiro atoms. The average Bonchev–Trinajstić information content (AvgIpc) is 2.79. The third-order valence-electron chi connectivity index (χ3n) is 2.87. The minimum Gasteiger partial charge on any atom is -0.398 e. The fraction of sp³-hybridized carbons (Fsp3) is 0.455. The number of nitrogens with two attached hydrogens (primary N) is 1. The number of hydrogen-bond acceptors (Lipinski definition) is 3. The van der Waals surface area contributed by atoms with E-state index >= 15 is 0 Å².